The maximum Gasteiger partial charge on any atom is 0.254 e. The molecule has 4 heteroatoms. The number of carbonyl (C=O) groups is 1. The fraction of sp³-hybridized carbons (Fsp3) is 0.316. The van der Waals surface area contributed by atoms with E-state index < -0.39 is 0 Å². The van der Waals surface area contributed by atoms with Gasteiger partial charge < -0.3 is 9.64 Å². The fourth-order valence-electron chi connectivity index (χ4n) is 2.57. The summed E-state index contributed by atoms with van der Waals surface area (Å²) in [5.74, 6) is 0.859. The van der Waals surface area contributed by atoms with Gasteiger partial charge in [0.2, 0.25) is 0 Å². The number of nitrogens with zero attached hydrogens (tertiary/aromatic N) is 1. The van der Waals surface area contributed by atoms with E-state index in [1.54, 1.807) is 18.9 Å². The Labute approximate surface area is 142 Å². The minimum absolute atomic E-state index is 0.0113. The van der Waals surface area contributed by atoms with E-state index in [2.05, 4.69) is 0 Å². The van der Waals surface area contributed by atoms with Gasteiger partial charge in [-0.2, -0.15) is 0 Å². The van der Waals surface area contributed by atoms with E-state index in [0.717, 1.165) is 21.8 Å². The number of benzene rings is 2. The predicted molar refractivity (Wildman–Crippen MR) is 96.3 cm³/mol. The molecule has 3 nitrogen and oxygen atoms in total. The molecule has 2 aromatic carbocycles. The fourth-order valence-corrected chi connectivity index (χ4v) is 2.98. The zero-order valence-electron chi connectivity index (χ0n) is 14.1. The summed E-state index contributed by atoms with van der Waals surface area (Å²) in [6.07, 6.45) is 2.03. The Morgan fingerprint density at radius 3 is 2.48 bits per heavy atom. The number of thioether (sulfide) groups is 1. The van der Waals surface area contributed by atoms with Gasteiger partial charge in [-0.05, 0) is 62.1 Å². The molecule has 23 heavy (non-hydrogen) atoms. The molecule has 0 fully saturated rings. The highest BCUT2D eigenvalue weighted by molar-refractivity contribution is 7.98. The second kappa shape index (κ2) is 8.06. The molecule has 0 saturated carbocycles. The third-order valence-corrected chi connectivity index (χ3v) is 4.73. The van der Waals surface area contributed by atoms with Crippen molar-refractivity contribution in [2.45, 2.75) is 24.8 Å². The van der Waals surface area contributed by atoms with E-state index in [-0.39, 0.29) is 11.9 Å². The zero-order valence-corrected chi connectivity index (χ0v) is 14.9. The van der Waals surface area contributed by atoms with Crippen molar-refractivity contribution in [3.8, 4) is 5.75 Å². The average molecular weight is 329 g/mol. The molecule has 0 radical (unpaired) electrons. The normalized spacial score (nSPS) is 11.8. The molecule has 0 heterocycles. The monoisotopic (exact) mass is 329 g/mol. The first-order chi connectivity index (χ1) is 11.1. The van der Waals surface area contributed by atoms with Gasteiger partial charge in [-0.25, -0.2) is 0 Å². The summed E-state index contributed by atoms with van der Waals surface area (Å²) < 4.78 is 5.28. The van der Waals surface area contributed by atoms with Crippen LogP contribution in [0.25, 0.3) is 0 Å². The van der Waals surface area contributed by atoms with Crippen molar-refractivity contribution in [2.75, 3.05) is 19.9 Å². The molecule has 0 N–H and O–H groups in total. The van der Waals surface area contributed by atoms with E-state index in [4.69, 9.17) is 4.74 Å². The van der Waals surface area contributed by atoms with Crippen molar-refractivity contribution in [1.82, 2.24) is 4.90 Å². The van der Waals surface area contributed by atoms with Crippen molar-refractivity contribution in [3.05, 3.63) is 59.7 Å². The van der Waals surface area contributed by atoms with Crippen LogP contribution in [0.2, 0.25) is 0 Å². The topological polar surface area (TPSA) is 29.5 Å². The number of methoxy groups -OCH3 is 1. The summed E-state index contributed by atoms with van der Waals surface area (Å²) in [5, 5.41) is 0. The molecule has 2 rings (SSSR count). The Hall–Kier alpha value is -1.94. The van der Waals surface area contributed by atoms with E-state index in [1.165, 1.54) is 0 Å². The van der Waals surface area contributed by atoms with Gasteiger partial charge in [-0.15, -0.1) is 11.8 Å². The predicted octanol–water partition coefficient (Wildman–Crippen LogP) is 4.64. The summed E-state index contributed by atoms with van der Waals surface area (Å²) in [5.41, 5.74) is 1.79. The number of ether oxygens (including phenoxy) is 1. The summed E-state index contributed by atoms with van der Waals surface area (Å²) in [6, 6.07) is 15.6. The zero-order chi connectivity index (χ0) is 16.8. The van der Waals surface area contributed by atoms with Gasteiger partial charge in [0.1, 0.15) is 5.75 Å². The Kier molecular flexibility index (Phi) is 6.11. The van der Waals surface area contributed by atoms with Crippen LogP contribution in [-0.4, -0.2) is 30.7 Å². The number of hydrogen-bond donors (Lipinski definition) is 0. The largest absolute Gasteiger partial charge is 0.497 e. The van der Waals surface area contributed by atoms with Gasteiger partial charge in [0.15, 0.2) is 0 Å². The summed E-state index contributed by atoms with van der Waals surface area (Å²) >= 11 is 1.67. The van der Waals surface area contributed by atoms with Gasteiger partial charge in [0.05, 0.1) is 13.2 Å². The molecule has 2 aromatic rings. The van der Waals surface area contributed by atoms with Crippen molar-refractivity contribution >= 4 is 17.7 Å². The molecule has 0 aliphatic heterocycles. The highest BCUT2D eigenvalue weighted by Gasteiger charge is 2.21. The minimum Gasteiger partial charge on any atom is -0.497 e. The van der Waals surface area contributed by atoms with Crippen LogP contribution in [0.3, 0.4) is 0 Å². The number of rotatable bonds is 6. The summed E-state index contributed by atoms with van der Waals surface area (Å²) in [4.78, 5) is 15.9. The first-order valence-electron chi connectivity index (χ1n) is 7.69. The highest BCUT2D eigenvalue weighted by atomic mass is 32.2. The maximum atomic E-state index is 12.8. The van der Waals surface area contributed by atoms with Crippen LogP contribution in [0.15, 0.2) is 53.4 Å². The molecule has 0 saturated heterocycles. The van der Waals surface area contributed by atoms with Crippen LogP contribution in [0.1, 0.15) is 35.8 Å². The molecule has 0 spiro atoms. The van der Waals surface area contributed by atoms with Crippen molar-refractivity contribution in [1.29, 1.82) is 0 Å². The number of hydrogen-bond acceptors (Lipinski definition) is 3. The van der Waals surface area contributed by atoms with Crippen LogP contribution in [0.4, 0.5) is 0 Å². The smallest absolute Gasteiger partial charge is 0.254 e. The van der Waals surface area contributed by atoms with E-state index in [9.17, 15) is 4.79 Å². The maximum absolute atomic E-state index is 12.8. The van der Waals surface area contributed by atoms with Crippen molar-refractivity contribution < 1.29 is 9.53 Å². The molecule has 122 valence electrons. The molecular weight excluding hydrogens is 306 g/mol. The van der Waals surface area contributed by atoms with Gasteiger partial charge >= 0.3 is 0 Å². The average Bonchev–Trinajstić information content (AvgIpc) is 2.62. The van der Waals surface area contributed by atoms with Crippen LogP contribution in [0, 0.1) is 0 Å². The van der Waals surface area contributed by atoms with Crippen LogP contribution in [0.5, 0.6) is 5.75 Å². The van der Waals surface area contributed by atoms with Gasteiger partial charge in [-0.3, -0.25) is 4.79 Å². The Balaban J connectivity index is 2.24. The Morgan fingerprint density at radius 2 is 1.91 bits per heavy atom. The quantitative estimate of drug-likeness (QED) is 0.723. The molecule has 0 bridgehead atoms. The summed E-state index contributed by atoms with van der Waals surface area (Å²) in [6.45, 7) is 4.71. The first-order valence-corrected chi connectivity index (χ1v) is 8.92. The molecule has 0 aliphatic carbocycles. The molecule has 0 aromatic heterocycles. The van der Waals surface area contributed by atoms with Gasteiger partial charge in [0.25, 0.3) is 5.91 Å². The van der Waals surface area contributed by atoms with E-state index in [0.29, 0.717) is 6.54 Å². The lowest BCUT2D eigenvalue weighted by atomic mass is 10.1. The lowest BCUT2D eigenvalue weighted by molar-refractivity contribution is 0.0702. The second-order valence-electron chi connectivity index (χ2n) is 5.27. The second-order valence-corrected chi connectivity index (χ2v) is 6.15. The minimum atomic E-state index is -0.0113. The SMILES string of the molecule is CCN(C(=O)c1ccc(SC)cc1)C(C)c1cccc(OC)c1. The van der Waals surface area contributed by atoms with Crippen molar-refractivity contribution in [2.24, 2.45) is 0 Å². The van der Waals surface area contributed by atoms with Crippen LogP contribution >= 0.6 is 11.8 Å². The highest BCUT2D eigenvalue weighted by Crippen LogP contribution is 2.25. The molecule has 1 amide bonds. The first kappa shape index (κ1) is 17.4. The van der Waals surface area contributed by atoms with E-state index in [1.807, 2.05) is 73.5 Å². The number of amides is 1. The lowest BCUT2D eigenvalue weighted by Crippen LogP contribution is -2.33. The lowest BCUT2D eigenvalue weighted by Gasteiger charge is -2.29. The number of carbonyl (C=O) groups excluding carboxylic acids is 1. The molecular formula is C19H23NO2S. The van der Waals surface area contributed by atoms with Crippen LogP contribution < -0.4 is 4.74 Å². The standard InChI is InChI=1S/C19H23NO2S/c1-5-20(14(2)16-7-6-8-17(13-16)22-3)19(21)15-9-11-18(23-4)12-10-15/h6-14H,5H2,1-4H3. The Morgan fingerprint density at radius 1 is 1.22 bits per heavy atom. The Bertz CT molecular complexity index is 655. The molecule has 1 unspecified atom stereocenters. The molecule has 0 aliphatic rings. The van der Waals surface area contributed by atoms with Gasteiger partial charge in [0, 0.05) is 17.0 Å². The van der Waals surface area contributed by atoms with E-state index >= 15 is 0 Å². The third kappa shape index (κ3) is 4.08. The third-order valence-electron chi connectivity index (χ3n) is 3.98. The van der Waals surface area contributed by atoms with Crippen LogP contribution in [-0.2, 0) is 0 Å². The molecule has 1 atom stereocenters. The van der Waals surface area contributed by atoms with Crippen molar-refractivity contribution in [3.63, 3.8) is 0 Å². The summed E-state index contributed by atoms with van der Waals surface area (Å²) in [7, 11) is 1.65. The van der Waals surface area contributed by atoms with Gasteiger partial charge in [-0.1, -0.05) is 12.1 Å².